The zero-order valence-corrected chi connectivity index (χ0v) is 9.92. The zero-order valence-electron chi connectivity index (χ0n) is 9.92. The molecule has 0 saturated carbocycles. The number of aryl methyl sites for hydroxylation is 1. The Kier molecular flexibility index (Phi) is 3.23. The maximum atomic E-state index is 11.8. The average Bonchev–Trinajstić information content (AvgIpc) is 2.83. The van der Waals surface area contributed by atoms with Crippen molar-refractivity contribution in [2.24, 2.45) is 0 Å². The lowest BCUT2D eigenvalue weighted by molar-refractivity contribution is 0.239. The molecule has 0 aliphatic heterocycles. The van der Waals surface area contributed by atoms with Gasteiger partial charge in [-0.3, -0.25) is 4.57 Å². The fourth-order valence-corrected chi connectivity index (χ4v) is 1.58. The Morgan fingerprint density at radius 2 is 2.06 bits per heavy atom. The van der Waals surface area contributed by atoms with Crippen LogP contribution >= 0.6 is 0 Å². The molecular weight excluding hydrogens is 214 g/mol. The fourth-order valence-electron chi connectivity index (χ4n) is 1.58. The summed E-state index contributed by atoms with van der Waals surface area (Å²) in [5.41, 5.74) is 2.30. The fraction of sp³-hybridized carbons (Fsp3) is 0.231. The molecule has 0 radical (unpaired) electrons. The van der Waals surface area contributed by atoms with Gasteiger partial charge in [-0.1, -0.05) is 29.8 Å². The van der Waals surface area contributed by atoms with Crippen molar-refractivity contribution in [2.75, 3.05) is 0 Å². The molecule has 2 aromatic rings. The van der Waals surface area contributed by atoms with Gasteiger partial charge in [0.1, 0.15) is 6.33 Å². The quantitative estimate of drug-likeness (QED) is 0.860. The monoisotopic (exact) mass is 229 g/mol. The van der Waals surface area contributed by atoms with Crippen LogP contribution in [0.1, 0.15) is 24.1 Å². The van der Waals surface area contributed by atoms with Gasteiger partial charge in [0.25, 0.3) is 0 Å². The van der Waals surface area contributed by atoms with Crippen LogP contribution in [0.25, 0.3) is 0 Å². The number of carbonyl (C=O) groups is 1. The second-order valence-electron chi connectivity index (χ2n) is 4.05. The predicted molar refractivity (Wildman–Crippen MR) is 65.8 cm³/mol. The van der Waals surface area contributed by atoms with Crippen LogP contribution in [0.4, 0.5) is 4.79 Å². The number of imidazole rings is 1. The summed E-state index contributed by atoms with van der Waals surface area (Å²) in [6.45, 7) is 4.00. The molecule has 88 valence electrons. The average molecular weight is 229 g/mol. The maximum Gasteiger partial charge on any atom is 0.327 e. The number of nitrogens with one attached hydrogen (secondary N) is 1. The number of benzene rings is 1. The van der Waals surface area contributed by atoms with Gasteiger partial charge in [0.2, 0.25) is 0 Å². The smallest absolute Gasteiger partial charge is 0.327 e. The minimum Gasteiger partial charge on any atom is -0.331 e. The van der Waals surface area contributed by atoms with E-state index in [0.29, 0.717) is 0 Å². The van der Waals surface area contributed by atoms with Crippen LogP contribution in [-0.4, -0.2) is 15.6 Å². The predicted octanol–water partition coefficient (Wildman–Crippen LogP) is 2.51. The van der Waals surface area contributed by atoms with Gasteiger partial charge < -0.3 is 5.32 Å². The molecule has 1 N–H and O–H groups in total. The number of carbonyl (C=O) groups excluding carboxylic acids is 1. The standard InChI is InChI=1S/C13H15N3O/c1-10-3-5-12(6-4-10)11(2)15-13(17)16-8-7-14-9-16/h3-9,11H,1-2H3,(H,15,17). The summed E-state index contributed by atoms with van der Waals surface area (Å²) in [4.78, 5) is 15.6. The van der Waals surface area contributed by atoms with Crippen molar-refractivity contribution < 1.29 is 4.79 Å². The highest BCUT2D eigenvalue weighted by Gasteiger charge is 2.09. The van der Waals surface area contributed by atoms with E-state index in [0.717, 1.165) is 5.56 Å². The summed E-state index contributed by atoms with van der Waals surface area (Å²) in [5, 5.41) is 2.90. The molecule has 2 rings (SSSR count). The van der Waals surface area contributed by atoms with E-state index >= 15 is 0 Å². The van der Waals surface area contributed by atoms with Crippen LogP contribution < -0.4 is 5.32 Å². The lowest BCUT2D eigenvalue weighted by Gasteiger charge is -2.14. The largest absolute Gasteiger partial charge is 0.331 e. The van der Waals surface area contributed by atoms with E-state index in [1.807, 2.05) is 38.1 Å². The van der Waals surface area contributed by atoms with Gasteiger partial charge in [-0.05, 0) is 19.4 Å². The van der Waals surface area contributed by atoms with Crippen LogP contribution in [0.2, 0.25) is 0 Å². The summed E-state index contributed by atoms with van der Waals surface area (Å²) in [7, 11) is 0. The first-order chi connectivity index (χ1) is 8.16. The van der Waals surface area contributed by atoms with Gasteiger partial charge in [0.15, 0.2) is 0 Å². The third-order valence-electron chi connectivity index (χ3n) is 2.66. The minimum absolute atomic E-state index is 0.0227. The van der Waals surface area contributed by atoms with Crippen LogP contribution in [0.15, 0.2) is 43.0 Å². The molecule has 0 saturated heterocycles. The van der Waals surface area contributed by atoms with Gasteiger partial charge in [-0.25, -0.2) is 9.78 Å². The van der Waals surface area contributed by atoms with Gasteiger partial charge in [-0.2, -0.15) is 0 Å². The molecular formula is C13H15N3O. The lowest BCUT2D eigenvalue weighted by atomic mass is 10.1. The molecule has 0 spiro atoms. The molecule has 17 heavy (non-hydrogen) atoms. The summed E-state index contributed by atoms with van der Waals surface area (Å²) >= 11 is 0. The number of hydrogen-bond acceptors (Lipinski definition) is 2. The molecule has 0 aliphatic carbocycles. The molecule has 4 heteroatoms. The van der Waals surface area contributed by atoms with Crippen molar-refractivity contribution in [3.8, 4) is 0 Å². The molecule has 1 atom stereocenters. The van der Waals surface area contributed by atoms with Crippen molar-refractivity contribution in [3.05, 3.63) is 54.1 Å². The molecule has 1 unspecified atom stereocenters. The van der Waals surface area contributed by atoms with Crippen molar-refractivity contribution >= 4 is 6.03 Å². The molecule has 1 aromatic heterocycles. The number of amides is 1. The Morgan fingerprint density at radius 3 is 2.65 bits per heavy atom. The first-order valence-electron chi connectivity index (χ1n) is 5.52. The minimum atomic E-state index is -0.171. The highest BCUT2D eigenvalue weighted by molar-refractivity contribution is 5.76. The van der Waals surface area contributed by atoms with Gasteiger partial charge in [0.05, 0.1) is 6.04 Å². The van der Waals surface area contributed by atoms with Crippen molar-refractivity contribution in [3.63, 3.8) is 0 Å². The van der Waals surface area contributed by atoms with Gasteiger partial charge >= 0.3 is 6.03 Å². The molecule has 0 fully saturated rings. The molecule has 1 amide bonds. The Morgan fingerprint density at radius 1 is 1.35 bits per heavy atom. The first kappa shape index (κ1) is 11.4. The summed E-state index contributed by atoms with van der Waals surface area (Å²) in [6.07, 6.45) is 4.69. The third kappa shape index (κ3) is 2.72. The SMILES string of the molecule is Cc1ccc(C(C)NC(=O)n2ccnc2)cc1. The Hall–Kier alpha value is -2.10. The molecule has 1 heterocycles. The first-order valence-corrected chi connectivity index (χ1v) is 5.52. The normalized spacial score (nSPS) is 12.1. The van der Waals surface area contributed by atoms with Crippen LogP contribution in [0, 0.1) is 6.92 Å². The van der Waals surface area contributed by atoms with E-state index in [4.69, 9.17) is 0 Å². The number of hydrogen-bond donors (Lipinski definition) is 1. The van der Waals surface area contributed by atoms with Crippen LogP contribution in [-0.2, 0) is 0 Å². The second kappa shape index (κ2) is 4.82. The molecule has 4 nitrogen and oxygen atoms in total. The Labute approximate surface area is 100 Å². The lowest BCUT2D eigenvalue weighted by Crippen LogP contribution is -2.30. The Balaban J connectivity index is 2.04. The molecule has 0 bridgehead atoms. The van der Waals surface area contributed by atoms with Crippen LogP contribution in [0.5, 0.6) is 0 Å². The summed E-state index contributed by atoms with van der Waals surface area (Å²) < 4.78 is 1.42. The van der Waals surface area contributed by atoms with Crippen molar-refractivity contribution in [2.45, 2.75) is 19.9 Å². The van der Waals surface area contributed by atoms with E-state index in [1.54, 1.807) is 12.4 Å². The summed E-state index contributed by atoms with van der Waals surface area (Å²) in [5.74, 6) is 0. The third-order valence-corrected chi connectivity index (χ3v) is 2.66. The van der Waals surface area contributed by atoms with E-state index in [1.165, 1.54) is 16.5 Å². The van der Waals surface area contributed by atoms with Crippen LogP contribution in [0.3, 0.4) is 0 Å². The molecule has 1 aromatic carbocycles. The highest BCUT2D eigenvalue weighted by atomic mass is 16.2. The van der Waals surface area contributed by atoms with E-state index < -0.39 is 0 Å². The number of nitrogens with zero attached hydrogens (tertiary/aromatic N) is 2. The maximum absolute atomic E-state index is 11.8. The number of rotatable bonds is 2. The topological polar surface area (TPSA) is 46.9 Å². The van der Waals surface area contributed by atoms with E-state index in [-0.39, 0.29) is 12.1 Å². The second-order valence-corrected chi connectivity index (χ2v) is 4.05. The zero-order chi connectivity index (χ0) is 12.3. The van der Waals surface area contributed by atoms with E-state index in [9.17, 15) is 4.79 Å². The Bertz CT molecular complexity index is 488. The van der Waals surface area contributed by atoms with Crippen molar-refractivity contribution in [1.29, 1.82) is 0 Å². The van der Waals surface area contributed by atoms with E-state index in [2.05, 4.69) is 10.3 Å². The number of aromatic nitrogens is 2. The van der Waals surface area contributed by atoms with Gasteiger partial charge in [-0.15, -0.1) is 0 Å². The van der Waals surface area contributed by atoms with Crippen molar-refractivity contribution in [1.82, 2.24) is 14.9 Å². The van der Waals surface area contributed by atoms with Gasteiger partial charge in [0, 0.05) is 12.4 Å². The molecule has 0 aliphatic rings. The highest BCUT2D eigenvalue weighted by Crippen LogP contribution is 2.13. The summed E-state index contributed by atoms with van der Waals surface area (Å²) in [6, 6.07) is 7.92.